The second kappa shape index (κ2) is 4.18. The van der Waals surface area contributed by atoms with Gasteiger partial charge in [0.15, 0.2) is 11.6 Å². The SMILES string of the molecule is c1ccc(ON=Nc2cc[nH]n2)cc1. The zero-order valence-corrected chi connectivity index (χ0v) is 7.29. The summed E-state index contributed by atoms with van der Waals surface area (Å²) in [6.07, 6.45) is 1.66. The van der Waals surface area contributed by atoms with Crippen molar-refractivity contribution in [3.05, 3.63) is 42.6 Å². The van der Waals surface area contributed by atoms with Crippen molar-refractivity contribution < 1.29 is 4.84 Å². The van der Waals surface area contributed by atoms with Gasteiger partial charge in [0.2, 0.25) is 0 Å². The monoisotopic (exact) mass is 188 g/mol. The van der Waals surface area contributed by atoms with Crippen LogP contribution in [0.5, 0.6) is 5.75 Å². The number of hydrogen-bond donors (Lipinski definition) is 1. The van der Waals surface area contributed by atoms with Crippen LogP contribution in [0.15, 0.2) is 53.0 Å². The van der Waals surface area contributed by atoms with E-state index in [2.05, 4.69) is 20.6 Å². The first-order valence-electron chi connectivity index (χ1n) is 4.08. The minimum atomic E-state index is 0.487. The number of para-hydroxylation sites is 1. The van der Waals surface area contributed by atoms with E-state index >= 15 is 0 Å². The smallest absolute Gasteiger partial charge is 0.198 e. The maximum Gasteiger partial charge on any atom is 0.198 e. The Morgan fingerprint density at radius 2 is 2.00 bits per heavy atom. The maximum atomic E-state index is 4.98. The Kier molecular flexibility index (Phi) is 2.51. The molecule has 1 aromatic carbocycles. The number of rotatable bonds is 3. The minimum absolute atomic E-state index is 0.487. The van der Waals surface area contributed by atoms with Crippen LogP contribution in [0, 0.1) is 0 Å². The van der Waals surface area contributed by atoms with E-state index in [1.807, 2.05) is 18.2 Å². The van der Waals surface area contributed by atoms with Crippen LogP contribution in [0.25, 0.3) is 0 Å². The summed E-state index contributed by atoms with van der Waals surface area (Å²) in [5, 5.41) is 13.6. The molecule has 2 aromatic rings. The highest BCUT2D eigenvalue weighted by Gasteiger charge is 1.90. The zero-order chi connectivity index (χ0) is 9.64. The Balaban J connectivity index is 1.95. The molecule has 0 aliphatic heterocycles. The van der Waals surface area contributed by atoms with Gasteiger partial charge < -0.3 is 4.84 Å². The first-order chi connectivity index (χ1) is 6.95. The molecule has 0 fully saturated rings. The molecule has 0 bridgehead atoms. The molecule has 0 radical (unpaired) electrons. The fourth-order valence-electron chi connectivity index (χ4n) is 0.899. The van der Waals surface area contributed by atoms with E-state index in [1.54, 1.807) is 24.4 Å². The van der Waals surface area contributed by atoms with Crippen molar-refractivity contribution in [2.24, 2.45) is 10.4 Å². The molecule has 0 spiro atoms. The van der Waals surface area contributed by atoms with Gasteiger partial charge >= 0.3 is 0 Å². The van der Waals surface area contributed by atoms with Crippen LogP contribution in [-0.2, 0) is 0 Å². The summed E-state index contributed by atoms with van der Waals surface area (Å²) in [5.74, 6) is 1.13. The molecule has 5 heteroatoms. The summed E-state index contributed by atoms with van der Waals surface area (Å²) < 4.78 is 0. The van der Waals surface area contributed by atoms with E-state index in [0.717, 1.165) is 0 Å². The van der Waals surface area contributed by atoms with E-state index in [4.69, 9.17) is 4.84 Å². The van der Waals surface area contributed by atoms with E-state index < -0.39 is 0 Å². The van der Waals surface area contributed by atoms with Crippen molar-refractivity contribution in [1.82, 2.24) is 10.2 Å². The van der Waals surface area contributed by atoms with Gasteiger partial charge in [-0.25, -0.2) is 0 Å². The van der Waals surface area contributed by atoms with Gasteiger partial charge in [0.25, 0.3) is 0 Å². The second-order valence-corrected chi connectivity index (χ2v) is 2.52. The van der Waals surface area contributed by atoms with Crippen LogP contribution in [-0.4, -0.2) is 10.2 Å². The van der Waals surface area contributed by atoms with E-state index in [-0.39, 0.29) is 0 Å². The summed E-state index contributed by atoms with van der Waals surface area (Å²) in [6, 6.07) is 10.9. The molecule has 1 heterocycles. The van der Waals surface area contributed by atoms with Gasteiger partial charge in [-0.15, -0.1) is 0 Å². The third-order valence-electron chi connectivity index (χ3n) is 1.52. The lowest BCUT2D eigenvalue weighted by Crippen LogP contribution is -1.79. The third-order valence-corrected chi connectivity index (χ3v) is 1.52. The van der Waals surface area contributed by atoms with E-state index in [0.29, 0.717) is 11.6 Å². The molecule has 70 valence electrons. The fourth-order valence-corrected chi connectivity index (χ4v) is 0.899. The van der Waals surface area contributed by atoms with Crippen LogP contribution in [0.4, 0.5) is 5.82 Å². The molecular formula is C9H8N4O. The van der Waals surface area contributed by atoms with Crippen LogP contribution in [0.2, 0.25) is 0 Å². The molecule has 2 rings (SSSR count). The predicted molar refractivity (Wildman–Crippen MR) is 50.2 cm³/mol. The maximum absolute atomic E-state index is 4.98. The van der Waals surface area contributed by atoms with Gasteiger partial charge in [0.1, 0.15) is 0 Å². The highest BCUT2D eigenvalue weighted by molar-refractivity contribution is 5.22. The van der Waals surface area contributed by atoms with Crippen molar-refractivity contribution in [3.63, 3.8) is 0 Å². The van der Waals surface area contributed by atoms with Gasteiger partial charge in [0, 0.05) is 17.5 Å². The first kappa shape index (κ1) is 8.43. The quantitative estimate of drug-likeness (QED) is 0.594. The molecule has 0 atom stereocenters. The highest BCUT2D eigenvalue weighted by Crippen LogP contribution is 2.10. The summed E-state index contributed by atoms with van der Waals surface area (Å²) in [6.45, 7) is 0. The lowest BCUT2D eigenvalue weighted by Gasteiger charge is -1.93. The largest absolute Gasteiger partial charge is 0.339 e. The number of aromatic nitrogens is 2. The summed E-state index contributed by atoms with van der Waals surface area (Å²) in [5.41, 5.74) is 0. The molecule has 0 saturated carbocycles. The second-order valence-electron chi connectivity index (χ2n) is 2.52. The Labute approximate surface area is 80.4 Å². The predicted octanol–water partition coefficient (Wildman–Crippen LogP) is 2.49. The first-order valence-corrected chi connectivity index (χ1v) is 4.08. The van der Waals surface area contributed by atoms with Gasteiger partial charge in [-0.3, -0.25) is 5.10 Å². The molecule has 5 nitrogen and oxygen atoms in total. The molecule has 0 unspecified atom stereocenters. The summed E-state index contributed by atoms with van der Waals surface area (Å²) >= 11 is 0. The molecule has 0 aliphatic carbocycles. The lowest BCUT2D eigenvalue weighted by molar-refractivity contribution is 0.312. The average molecular weight is 188 g/mol. The normalized spacial score (nSPS) is 10.6. The van der Waals surface area contributed by atoms with Gasteiger partial charge in [-0.05, 0) is 12.1 Å². The van der Waals surface area contributed by atoms with Crippen LogP contribution in [0.3, 0.4) is 0 Å². The third kappa shape index (κ3) is 2.16. The van der Waals surface area contributed by atoms with Crippen LogP contribution >= 0.6 is 0 Å². The van der Waals surface area contributed by atoms with Crippen molar-refractivity contribution >= 4 is 5.82 Å². The number of nitrogens with zero attached hydrogens (tertiary/aromatic N) is 3. The Morgan fingerprint density at radius 3 is 2.71 bits per heavy atom. The standard InChI is InChI=1S/C9H8N4O/c1-2-4-8(5-3-1)14-13-12-9-6-7-10-11-9/h1-7H,(H,10,11). The number of H-pyrrole nitrogens is 1. The topological polar surface area (TPSA) is 62.6 Å². The van der Waals surface area contributed by atoms with Crippen molar-refractivity contribution in [2.45, 2.75) is 0 Å². The van der Waals surface area contributed by atoms with Crippen LogP contribution in [0.1, 0.15) is 0 Å². The molecule has 1 aromatic heterocycles. The Morgan fingerprint density at radius 1 is 1.14 bits per heavy atom. The molecular weight excluding hydrogens is 180 g/mol. The summed E-state index contributed by atoms with van der Waals surface area (Å²) in [7, 11) is 0. The molecule has 1 N–H and O–H groups in total. The number of nitrogens with one attached hydrogen (secondary N) is 1. The lowest BCUT2D eigenvalue weighted by atomic mass is 10.3. The number of hydrogen-bond acceptors (Lipinski definition) is 4. The minimum Gasteiger partial charge on any atom is -0.339 e. The summed E-state index contributed by atoms with van der Waals surface area (Å²) in [4.78, 5) is 4.98. The molecule has 0 aliphatic rings. The Hall–Kier alpha value is -2.17. The van der Waals surface area contributed by atoms with Gasteiger partial charge in [-0.2, -0.15) is 5.10 Å². The molecule has 0 amide bonds. The van der Waals surface area contributed by atoms with Gasteiger partial charge in [0.05, 0.1) is 0 Å². The zero-order valence-electron chi connectivity index (χ0n) is 7.29. The highest BCUT2D eigenvalue weighted by atomic mass is 16.6. The fraction of sp³-hybridized carbons (Fsp3) is 0. The van der Waals surface area contributed by atoms with Crippen molar-refractivity contribution in [1.29, 1.82) is 0 Å². The number of benzene rings is 1. The van der Waals surface area contributed by atoms with Crippen molar-refractivity contribution in [2.75, 3.05) is 0 Å². The molecule has 0 saturated heterocycles. The van der Waals surface area contributed by atoms with Crippen molar-refractivity contribution in [3.8, 4) is 5.75 Å². The molecule has 14 heavy (non-hydrogen) atoms. The average Bonchev–Trinajstić information content (AvgIpc) is 2.72. The number of aromatic amines is 1. The van der Waals surface area contributed by atoms with Crippen LogP contribution < -0.4 is 4.84 Å². The van der Waals surface area contributed by atoms with E-state index in [1.165, 1.54) is 0 Å². The van der Waals surface area contributed by atoms with Gasteiger partial charge in [-0.1, -0.05) is 23.3 Å². The van der Waals surface area contributed by atoms with E-state index in [9.17, 15) is 0 Å². The Bertz CT molecular complexity index is 396.